The highest BCUT2D eigenvalue weighted by Crippen LogP contribution is 2.41. The van der Waals surface area contributed by atoms with Crippen molar-refractivity contribution in [1.82, 2.24) is 16.0 Å². The summed E-state index contributed by atoms with van der Waals surface area (Å²) < 4.78 is 102. The van der Waals surface area contributed by atoms with E-state index in [1.54, 1.807) is 0 Å². The predicted molar refractivity (Wildman–Crippen MR) is 329 cm³/mol. The minimum absolute atomic E-state index is 0.857. The van der Waals surface area contributed by atoms with Gasteiger partial charge in [-0.05, 0) is 13.8 Å². The number of hydrogen-bond acceptors (Lipinski definition) is 44. The number of aliphatic hydroxyl groups is 24. The van der Waals surface area contributed by atoms with Gasteiger partial charge in [0.25, 0.3) is 0 Å². The summed E-state index contributed by atoms with van der Waals surface area (Å²) in [6, 6.07) is -5.78. The molecule has 0 aromatic heterocycles. The van der Waals surface area contributed by atoms with Gasteiger partial charge in [-0.3, -0.25) is 14.4 Å². The van der Waals surface area contributed by atoms with Gasteiger partial charge in [-0.2, -0.15) is 0 Å². The van der Waals surface area contributed by atoms with E-state index in [-0.39, 0.29) is 0 Å². The van der Waals surface area contributed by atoms with Crippen LogP contribution in [-0.4, -0.2) is 463 Å². The predicted octanol–water partition coefficient (Wildman–Crippen LogP) is -18.1. The van der Waals surface area contributed by atoms with Gasteiger partial charge in [0, 0.05) is 20.8 Å². The van der Waals surface area contributed by atoms with E-state index in [2.05, 4.69) is 16.0 Å². The average Bonchev–Trinajstić information content (AvgIpc) is 0.759. The fraction of sp³-hybridized carbons (Fsp3) is 0.950. The van der Waals surface area contributed by atoms with E-state index >= 15 is 0 Å². The van der Waals surface area contributed by atoms with Crippen molar-refractivity contribution >= 4 is 17.7 Å². The maximum absolute atomic E-state index is 13.6. The molecule has 9 saturated heterocycles. The lowest BCUT2D eigenvalue weighted by Crippen LogP contribution is -2.72. The second kappa shape index (κ2) is 37.8. The lowest BCUT2D eigenvalue weighted by Gasteiger charge is -2.53. The summed E-state index contributed by atoms with van der Waals surface area (Å²) >= 11 is 0. The fourth-order valence-corrected chi connectivity index (χ4v) is 14.0. The monoisotopic (exact) mass is 1570 g/mol. The van der Waals surface area contributed by atoms with E-state index in [0.29, 0.717) is 0 Å². The molecule has 0 aliphatic carbocycles. The summed E-state index contributed by atoms with van der Waals surface area (Å²) in [5, 5.41) is 273. The Labute approximate surface area is 606 Å². The third-order valence-corrected chi connectivity index (χ3v) is 19.9. The zero-order valence-electron chi connectivity index (χ0n) is 57.8. The minimum Gasteiger partial charge on any atom is -0.394 e. The summed E-state index contributed by atoms with van der Waals surface area (Å²) in [6.45, 7) is -2.46. The van der Waals surface area contributed by atoms with Crippen LogP contribution in [-0.2, 0) is 94.9 Å². The van der Waals surface area contributed by atoms with Crippen molar-refractivity contribution < 1.29 is 217 Å². The molecule has 0 saturated carbocycles. The molecule has 107 heavy (non-hydrogen) atoms. The Morgan fingerprint density at radius 1 is 0.243 bits per heavy atom. The molecule has 0 unspecified atom stereocenters. The standard InChI is InChI=1S/C60H101N3O44/c1-13-28(74)36(82)40(86)56(91-13)103-47-27(63-17(5)73)55(99-24(12-70)46(47)102-60-51(107-57-41(87)37(83)29(75)14(2)92-57)50(33(79)21(9-67)97-60)106-53-25(61-15(3)71)34(80)30(76)18(6-64)94-53)105-49-32(78)20(8-66)95-58(43(49)89)100-44-23(11-69)98-54(26(35(44)81)62-16(4)72)104-48-31(77)19(7-65)96-59(42(48)88)101-45-22(10-68)93-52(90)39(85)38(45)84/h13-14,18-60,64-70,74-90H,6-12H2,1-5H3,(H,61,71)(H,62,72)(H,63,73)/t13-,14-,18+,19+,20+,21+,22+,23+,24+,25+,26+,27+,28+,29+,30-,31-,32-,33-,34+,35+,36+,37+,38+,39+,40-,41-,42+,43+,44+,45+,46+,47+,48-,49-,50-,51+,52+,53+,54-,55-,56-,57-,58-,59-,60-/m0/s1. The molecule has 47 heteroatoms. The molecule has 0 bridgehead atoms. The van der Waals surface area contributed by atoms with E-state index in [4.69, 9.17) is 80.5 Å². The Bertz CT molecular complexity index is 2810. The summed E-state index contributed by atoms with van der Waals surface area (Å²) in [5.74, 6) is -2.82. The van der Waals surface area contributed by atoms with Crippen LogP contribution >= 0.6 is 0 Å². The van der Waals surface area contributed by atoms with Gasteiger partial charge < -0.3 is 219 Å². The molecule has 9 aliphatic rings. The van der Waals surface area contributed by atoms with Gasteiger partial charge in [0.2, 0.25) is 17.7 Å². The quantitative estimate of drug-likeness (QED) is 0.0382. The topological polar surface area (TPSA) is 730 Å². The Kier molecular flexibility index (Phi) is 31.0. The highest BCUT2D eigenvalue weighted by Gasteiger charge is 2.62. The largest absolute Gasteiger partial charge is 0.394 e. The first kappa shape index (κ1) is 87.7. The fourth-order valence-electron chi connectivity index (χ4n) is 14.0. The summed E-state index contributed by atoms with van der Waals surface area (Å²) in [4.78, 5) is 39.1. The van der Waals surface area contributed by atoms with Crippen LogP contribution in [0.15, 0.2) is 0 Å². The third kappa shape index (κ3) is 18.9. The van der Waals surface area contributed by atoms with Crippen LogP contribution in [0.2, 0.25) is 0 Å². The van der Waals surface area contributed by atoms with E-state index in [9.17, 15) is 137 Å². The lowest BCUT2D eigenvalue weighted by atomic mass is 9.93. The Balaban J connectivity index is 1.04. The maximum atomic E-state index is 13.6. The normalized spacial score (nSPS) is 50.7. The minimum atomic E-state index is -2.44. The van der Waals surface area contributed by atoms with Gasteiger partial charge >= 0.3 is 0 Å². The summed E-state index contributed by atoms with van der Waals surface area (Å²) in [7, 11) is 0. The number of rotatable bonds is 26. The molecule has 27 N–H and O–H groups in total. The smallest absolute Gasteiger partial charge is 0.217 e. The van der Waals surface area contributed by atoms with Gasteiger partial charge in [0.15, 0.2) is 56.6 Å². The number of ether oxygens (including phenoxy) is 17. The van der Waals surface area contributed by atoms with E-state index in [0.717, 1.165) is 20.8 Å². The number of hydrogen-bond donors (Lipinski definition) is 27. The number of amides is 3. The third-order valence-electron chi connectivity index (χ3n) is 19.9. The van der Waals surface area contributed by atoms with Crippen molar-refractivity contribution in [2.24, 2.45) is 0 Å². The first-order chi connectivity index (χ1) is 50.6. The van der Waals surface area contributed by atoms with E-state index in [1.807, 2.05) is 0 Å². The number of carbonyl (C=O) groups is 3. The maximum Gasteiger partial charge on any atom is 0.217 e. The van der Waals surface area contributed by atoms with Gasteiger partial charge in [-0.25, -0.2) is 0 Å². The first-order valence-corrected chi connectivity index (χ1v) is 34.4. The van der Waals surface area contributed by atoms with Crippen LogP contribution in [0, 0.1) is 0 Å². The molecule has 0 aromatic rings. The molecule has 45 atom stereocenters. The number of aliphatic hydroxyl groups excluding tert-OH is 24. The van der Waals surface area contributed by atoms with Crippen LogP contribution in [0.1, 0.15) is 34.6 Å². The summed E-state index contributed by atoms with van der Waals surface area (Å²) in [5.41, 5.74) is 0. The molecule has 0 spiro atoms. The Hall–Kier alpha value is -3.23. The molecular weight excluding hydrogens is 1470 g/mol. The van der Waals surface area contributed by atoms with Gasteiger partial charge in [0.1, 0.15) is 207 Å². The van der Waals surface area contributed by atoms with Crippen molar-refractivity contribution in [1.29, 1.82) is 0 Å². The van der Waals surface area contributed by atoms with Crippen molar-refractivity contribution in [3.8, 4) is 0 Å². The molecule has 47 nitrogen and oxygen atoms in total. The highest BCUT2D eigenvalue weighted by molar-refractivity contribution is 5.74. The van der Waals surface area contributed by atoms with E-state index < -0.39 is 340 Å². The van der Waals surface area contributed by atoms with Crippen LogP contribution in [0.4, 0.5) is 0 Å². The molecule has 620 valence electrons. The van der Waals surface area contributed by atoms with Crippen molar-refractivity contribution in [3.63, 3.8) is 0 Å². The first-order valence-electron chi connectivity index (χ1n) is 34.4. The number of carbonyl (C=O) groups excluding carboxylic acids is 3. The molecule has 9 aliphatic heterocycles. The Morgan fingerprint density at radius 2 is 0.542 bits per heavy atom. The number of nitrogens with one attached hydrogen (secondary N) is 3. The average molecular weight is 1570 g/mol. The zero-order chi connectivity index (χ0) is 78.8. The van der Waals surface area contributed by atoms with Gasteiger partial charge in [0.05, 0.1) is 58.5 Å². The van der Waals surface area contributed by atoms with Gasteiger partial charge in [-0.15, -0.1) is 0 Å². The molecule has 0 aromatic carbocycles. The molecule has 0 radical (unpaired) electrons. The van der Waals surface area contributed by atoms with Crippen molar-refractivity contribution in [3.05, 3.63) is 0 Å². The molecule has 9 fully saturated rings. The summed E-state index contributed by atoms with van der Waals surface area (Å²) in [6.07, 6.45) is -85.3. The zero-order valence-corrected chi connectivity index (χ0v) is 57.8. The van der Waals surface area contributed by atoms with E-state index in [1.165, 1.54) is 13.8 Å². The molecule has 9 heterocycles. The van der Waals surface area contributed by atoms with Crippen LogP contribution in [0.25, 0.3) is 0 Å². The molecule has 3 amide bonds. The highest BCUT2D eigenvalue weighted by atomic mass is 16.8. The molecule has 9 rings (SSSR count). The molecular formula is C60H101N3O44. The van der Waals surface area contributed by atoms with Crippen LogP contribution in [0.3, 0.4) is 0 Å². The SMILES string of the molecule is CC(=O)N[C@H]1[C@H](O[C@H]2[C@@H](O)[C@@H](CO)O[C@@H](O[C@H]3[C@H](O)[C@@H](O)[C@H](O)O[C@@H]3CO)[C@@H]2O)O[C@H](CO)[C@@H](O[C@@H]2O[C@H](CO)[C@H](O)[C@H](O[C@@H]3O[C@H](CO)[C@@H](O[C@@H]4O[C@H](CO)[C@H](O)[C@H](O[C@H]5O[C@H](CO)[C@H](O)[C@H](O)[C@H]5NC(C)=O)[C@H]4O[C@@H]4O[C@@H](C)[C@@H](O)[C@@H](O)[C@@H]4O)[C@H](O[C@@H]4O[C@@H](C)[C@@H](O)[C@@H](O)[C@@H]4O)[C@H]3NC(C)=O)[C@H]2O)[C@@H]1O. The van der Waals surface area contributed by atoms with Crippen molar-refractivity contribution in [2.45, 2.75) is 311 Å². The van der Waals surface area contributed by atoms with Crippen LogP contribution < -0.4 is 16.0 Å². The lowest BCUT2D eigenvalue weighted by molar-refractivity contribution is -0.409. The Morgan fingerprint density at radius 3 is 0.981 bits per heavy atom. The van der Waals surface area contributed by atoms with Gasteiger partial charge in [-0.1, -0.05) is 0 Å². The second-order valence-electron chi connectivity index (χ2n) is 27.4. The second-order valence-corrected chi connectivity index (χ2v) is 27.4. The van der Waals surface area contributed by atoms with Crippen molar-refractivity contribution in [2.75, 3.05) is 46.2 Å². The van der Waals surface area contributed by atoms with Crippen LogP contribution in [0.5, 0.6) is 0 Å².